The summed E-state index contributed by atoms with van der Waals surface area (Å²) in [6.45, 7) is 5.85. The number of carbonyl (C=O) groups is 1. The molecule has 30 heavy (non-hydrogen) atoms. The maximum Gasteiger partial charge on any atom is 0.270 e. The van der Waals surface area contributed by atoms with Crippen LogP contribution in [0.15, 0.2) is 41.3 Å². The number of carbonyl (C=O) groups excluding carboxylic acids is 1. The quantitative estimate of drug-likeness (QED) is 0.575. The van der Waals surface area contributed by atoms with Gasteiger partial charge >= 0.3 is 0 Å². The van der Waals surface area contributed by atoms with Crippen molar-refractivity contribution in [2.24, 2.45) is 5.92 Å². The van der Waals surface area contributed by atoms with Crippen molar-refractivity contribution >= 4 is 27.3 Å². The summed E-state index contributed by atoms with van der Waals surface area (Å²) in [5.74, 6) is -0.405. The number of hydrogen-bond acceptors (Lipinski definition) is 5. The fourth-order valence-electron chi connectivity index (χ4n) is 3.71. The van der Waals surface area contributed by atoms with Crippen LogP contribution < -0.4 is 5.32 Å². The number of amides is 1. The number of benzene rings is 2. The molecule has 0 atom stereocenters. The van der Waals surface area contributed by atoms with Crippen LogP contribution in [0.2, 0.25) is 0 Å². The van der Waals surface area contributed by atoms with Crippen molar-refractivity contribution < 1.29 is 18.1 Å². The maximum atomic E-state index is 13.0. The summed E-state index contributed by atoms with van der Waals surface area (Å²) in [4.78, 5) is 23.1. The van der Waals surface area contributed by atoms with Crippen LogP contribution in [0.1, 0.15) is 29.5 Å². The van der Waals surface area contributed by atoms with Crippen LogP contribution in [0.4, 0.5) is 11.4 Å². The van der Waals surface area contributed by atoms with E-state index in [-0.39, 0.29) is 35.5 Å². The molecule has 0 spiro atoms. The molecule has 1 fully saturated rings. The van der Waals surface area contributed by atoms with Crippen molar-refractivity contribution in [1.29, 1.82) is 0 Å². The van der Waals surface area contributed by atoms with Gasteiger partial charge in [0.15, 0.2) is 0 Å². The second-order valence-electron chi connectivity index (χ2n) is 7.64. The van der Waals surface area contributed by atoms with Crippen molar-refractivity contribution in [3.63, 3.8) is 0 Å². The fraction of sp³-hybridized carbons (Fsp3) is 0.381. The first-order chi connectivity index (χ1) is 14.1. The molecule has 1 aliphatic heterocycles. The van der Waals surface area contributed by atoms with Gasteiger partial charge in [-0.2, -0.15) is 4.31 Å². The Hall–Kier alpha value is -2.78. The number of rotatable bonds is 5. The van der Waals surface area contributed by atoms with Crippen molar-refractivity contribution in [2.75, 3.05) is 18.4 Å². The van der Waals surface area contributed by atoms with Gasteiger partial charge in [0.1, 0.15) is 0 Å². The van der Waals surface area contributed by atoms with E-state index in [1.54, 1.807) is 6.92 Å². The third kappa shape index (κ3) is 4.36. The van der Waals surface area contributed by atoms with Crippen LogP contribution in [-0.4, -0.2) is 36.6 Å². The molecule has 0 bridgehead atoms. The number of nitrogens with one attached hydrogen (secondary N) is 1. The standard InChI is InChI=1S/C21H25N3O5S/c1-14-7-8-18(24(26)27)13-19(14)30(28,29)23-11-9-17(10-12-23)21(25)22-20-15(2)5-4-6-16(20)3/h4-8,13,17H,9-12H2,1-3H3,(H,22,25). The van der Waals surface area contributed by atoms with Crippen LogP contribution in [0.5, 0.6) is 0 Å². The molecule has 0 saturated carbocycles. The molecule has 2 aromatic carbocycles. The van der Waals surface area contributed by atoms with E-state index in [9.17, 15) is 23.3 Å². The van der Waals surface area contributed by atoms with Crippen LogP contribution in [0, 0.1) is 36.8 Å². The summed E-state index contributed by atoms with van der Waals surface area (Å²) >= 11 is 0. The molecule has 1 N–H and O–H groups in total. The Balaban J connectivity index is 1.71. The summed E-state index contributed by atoms with van der Waals surface area (Å²) in [7, 11) is -3.87. The molecular weight excluding hydrogens is 406 g/mol. The minimum atomic E-state index is -3.87. The first kappa shape index (κ1) is 21.9. The Morgan fingerprint density at radius 1 is 1.07 bits per heavy atom. The summed E-state index contributed by atoms with van der Waals surface area (Å²) in [6.07, 6.45) is 0.786. The van der Waals surface area contributed by atoms with Crippen molar-refractivity contribution in [2.45, 2.75) is 38.5 Å². The number of piperidine rings is 1. The summed E-state index contributed by atoms with van der Waals surface area (Å²) in [6, 6.07) is 9.62. The molecule has 160 valence electrons. The fourth-order valence-corrected chi connectivity index (χ4v) is 5.43. The van der Waals surface area contributed by atoms with Gasteiger partial charge in [0, 0.05) is 36.8 Å². The first-order valence-electron chi connectivity index (χ1n) is 9.73. The highest BCUT2D eigenvalue weighted by atomic mass is 32.2. The molecule has 0 aromatic heterocycles. The third-order valence-corrected chi connectivity index (χ3v) is 7.60. The Morgan fingerprint density at radius 2 is 1.67 bits per heavy atom. The zero-order valence-electron chi connectivity index (χ0n) is 17.2. The molecule has 0 radical (unpaired) electrons. The molecule has 9 heteroatoms. The molecule has 2 aromatic rings. The predicted molar refractivity (Wildman–Crippen MR) is 114 cm³/mol. The number of aryl methyl sites for hydroxylation is 3. The molecule has 1 amide bonds. The van der Waals surface area contributed by atoms with Gasteiger partial charge in [0.05, 0.1) is 9.82 Å². The van der Waals surface area contributed by atoms with Crippen LogP contribution in [0.3, 0.4) is 0 Å². The number of non-ortho nitro benzene ring substituents is 1. The highest BCUT2D eigenvalue weighted by Gasteiger charge is 2.33. The lowest BCUT2D eigenvalue weighted by Gasteiger charge is -2.31. The Labute approximate surface area is 176 Å². The average molecular weight is 432 g/mol. The predicted octanol–water partition coefficient (Wildman–Crippen LogP) is 3.56. The van der Waals surface area contributed by atoms with Crippen molar-refractivity contribution in [1.82, 2.24) is 4.31 Å². The zero-order chi connectivity index (χ0) is 22.1. The van der Waals surface area contributed by atoms with Gasteiger partial charge in [0.2, 0.25) is 15.9 Å². The second-order valence-corrected chi connectivity index (χ2v) is 9.55. The lowest BCUT2D eigenvalue weighted by Crippen LogP contribution is -2.41. The maximum absolute atomic E-state index is 13.0. The van der Waals surface area contributed by atoms with E-state index in [1.807, 2.05) is 32.0 Å². The topological polar surface area (TPSA) is 110 Å². The van der Waals surface area contributed by atoms with E-state index in [1.165, 1.54) is 16.4 Å². The van der Waals surface area contributed by atoms with E-state index < -0.39 is 14.9 Å². The minimum Gasteiger partial charge on any atom is -0.325 e. The molecule has 0 aliphatic carbocycles. The van der Waals surface area contributed by atoms with Crippen LogP contribution in [-0.2, 0) is 14.8 Å². The molecule has 3 rings (SSSR count). The lowest BCUT2D eigenvalue weighted by molar-refractivity contribution is -0.385. The lowest BCUT2D eigenvalue weighted by atomic mass is 9.96. The zero-order valence-corrected chi connectivity index (χ0v) is 18.0. The summed E-state index contributed by atoms with van der Waals surface area (Å²) in [5, 5.41) is 14.0. The first-order valence-corrected chi connectivity index (χ1v) is 11.2. The van der Waals surface area contributed by atoms with Gasteiger partial charge in [-0.1, -0.05) is 24.3 Å². The second kappa shape index (κ2) is 8.53. The minimum absolute atomic E-state index is 0.0601. The molecular formula is C21H25N3O5S. The number of para-hydroxylation sites is 1. The molecule has 0 unspecified atom stereocenters. The number of nitro groups is 1. The van der Waals surface area contributed by atoms with Crippen LogP contribution >= 0.6 is 0 Å². The van der Waals surface area contributed by atoms with Crippen molar-refractivity contribution in [3.8, 4) is 0 Å². The van der Waals surface area contributed by atoms with Crippen molar-refractivity contribution in [3.05, 3.63) is 63.2 Å². The Bertz CT molecular complexity index is 1070. The Kier molecular flexibility index (Phi) is 6.23. The van der Waals surface area contributed by atoms with E-state index in [0.717, 1.165) is 22.9 Å². The molecule has 1 heterocycles. The number of nitrogens with zero attached hydrogens (tertiary/aromatic N) is 2. The van der Waals surface area contributed by atoms with Gasteiger partial charge in [-0.05, 0) is 50.3 Å². The summed E-state index contributed by atoms with van der Waals surface area (Å²) in [5.41, 5.74) is 2.94. The summed E-state index contributed by atoms with van der Waals surface area (Å²) < 4.78 is 27.4. The van der Waals surface area contributed by atoms with E-state index >= 15 is 0 Å². The van der Waals surface area contributed by atoms with E-state index in [0.29, 0.717) is 18.4 Å². The Morgan fingerprint density at radius 3 is 2.23 bits per heavy atom. The van der Waals surface area contributed by atoms with Gasteiger partial charge < -0.3 is 5.32 Å². The highest BCUT2D eigenvalue weighted by Crippen LogP contribution is 2.29. The van der Waals surface area contributed by atoms with Gasteiger partial charge in [-0.3, -0.25) is 14.9 Å². The van der Waals surface area contributed by atoms with E-state index in [4.69, 9.17) is 0 Å². The number of hydrogen-bond donors (Lipinski definition) is 1. The van der Waals surface area contributed by atoms with E-state index in [2.05, 4.69) is 5.32 Å². The smallest absolute Gasteiger partial charge is 0.270 e. The third-order valence-electron chi connectivity index (χ3n) is 5.55. The molecule has 8 nitrogen and oxygen atoms in total. The number of nitro benzene ring substituents is 1. The van der Waals surface area contributed by atoms with Gasteiger partial charge in [0.25, 0.3) is 5.69 Å². The van der Waals surface area contributed by atoms with Gasteiger partial charge in [-0.25, -0.2) is 8.42 Å². The highest BCUT2D eigenvalue weighted by molar-refractivity contribution is 7.89. The molecule has 1 aliphatic rings. The number of sulfonamides is 1. The van der Waals surface area contributed by atoms with Gasteiger partial charge in [-0.15, -0.1) is 0 Å². The van der Waals surface area contributed by atoms with Crippen LogP contribution in [0.25, 0.3) is 0 Å². The normalized spacial score (nSPS) is 15.7. The number of anilines is 1. The molecule has 1 saturated heterocycles. The average Bonchev–Trinajstić information content (AvgIpc) is 2.70. The SMILES string of the molecule is Cc1ccc([N+](=O)[O-])cc1S(=O)(=O)N1CCC(C(=O)Nc2c(C)cccc2C)CC1. The largest absolute Gasteiger partial charge is 0.325 e. The monoisotopic (exact) mass is 431 g/mol.